The third-order valence-corrected chi connectivity index (χ3v) is 3.63. The van der Waals surface area contributed by atoms with Crippen LogP contribution in [0.4, 0.5) is 0 Å². The molecule has 0 N–H and O–H groups in total. The molecule has 0 bridgehead atoms. The number of carbonyl (C=O) groups is 1. The molecule has 0 rings (SSSR count). The summed E-state index contributed by atoms with van der Waals surface area (Å²) in [5.74, 6) is -0.359. The van der Waals surface area contributed by atoms with Gasteiger partial charge in [-0.05, 0) is 6.92 Å². The normalized spacial score (nSPS) is 13.8. The van der Waals surface area contributed by atoms with Gasteiger partial charge in [0.15, 0.2) is 9.84 Å². The average Bonchev–Trinajstić information content (AvgIpc) is 2.00. The highest BCUT2D eigenvalue weighted by Gasteiger charge is 2.25. The quantitative estimate of drug-likeness (QED) is 0.690. The van der Waals surface area contributed by atoms with Crippen LogP contribution in [0.25, 0.3) is 0 Å². The molecule has 0 aliphatic rings. The maximum atomic E-state index is 11.4. The van der Waals surface area contributed by atoms with Crippen molar-refractivity contribution in [2.45, 2.75) is 12.2 Å². The van der Waals surface area contributed by atoms with E-state index in [9.17, 15) is 13.2 Å². The third-order valence-electron chi connectivity index (χ3n) is 1.79. The Hall–Kier alpha value is -0.100. The minimum Gasteiger partial charge on any atom is -0.344 e. The first-order chi connectivity index (χ1) is 5.80. The zero-order chi connectivity index (χ0) is 10.6. The van der Waals surface area contributed by atoms with E-state index in [-0.39, 0.29) is 5.91 Å². The van der Waals surface area contributed by atoms with Crippen molar-refractivity contribution in [1.82, 2.24) is 4.90 Å². The van der Waals surface area contributed by atoms with E-state index in [1.807, 2.05) is 0 Å². The Kier molecular flexibility index (Phi) is 4.91. The highest BCUT2D eigenvalue weighted by atomic mass is 79.9. The minimum atomic E-state index is -3.27. The van der Waals surface area contributed by atoms with Crippen molar-refractivity contribution in [2.24, 2.45) is 0 Å². The minimum absolute atomic E-state index is 0.359. The summed E-state index contributed by atoms with van der Waals surface area (Å²) in [5.41, 5.74) is 0. The lowest BCUT2D eigenvalue weighted by atomic mass is 10.4. The molecule has 6 heteroatoms. The summed E-state index contributed by atoms with van der Waals surface area (Å²) in [6.07, 6.45) is 1.07. The average molecular weight is 272 g/mol. The maximum Gasteiger partial charge on any atom is 0.240 e. The van der Waals surface area contributed by atoms with Gasteiger partial charge in [0.2, 0.25) is 5.91 Å². The topological polar surface area (TPSA) is 54.5 Å². The van der Waals surface area contributed by atoms with Crippen LogP contribution in [0.2, 0.25) is 0 Å². The molecule has 1 unspecified atom stereocenters. The third kappa shape index (κ3) is 4.08. The number of alkyl halides is 1. The monoisotopic (exact) mass is 271 g/mol. The van der Waals surface area contributed by atoms with Gasteiger partial charge in [-0.15, -0.1) is 0 Å². The van der Waals surface area contributed by atoms with Gasteiger partial charge in [-0.1, -0.05) is 15.9 Å². The summed E-state index contributed by atoms with van der Waals surface area (Å²) in [5, 5.41) is -0.303. The van der Waals surface area contributed by atoms with E-state index < -0.39 is 15.1 Å². The van der Waals surface area contributed by atoms with E-state index in [0.717, 1.165) is 6.26 Å². The van der Waals surface area contributed by atoms with Crippen molar-refractivity contribution in [3.63, 3.8) is 0 Å². The fourth-order valence-electron chi connectivity index (χ4n) is 0.730. The van der Waals surface area contributed by atoms with E-state index in [4.69, 9.17) is 0 Å². The largest absolute Gasteiger partial charge is 0.344 e. The predicted octanol–water partition coefficient (Wildman–Crippen LogP) is 0.273. The summed E-state index contributed by atoms with van der Waals surface area (Å²) in [7, 11) is -1.68. The van der Waals surface area contributed by atoms with Crippen LogP contribution in [0.3, 0.4) is 0 Å². The van der Waals surface area contributed by atoms with Crippen LogP contribution in [-0.4, -0.2) is 49.7 Å². The Morgan fingerprint density at radius 2 is 2.00 bits per heavy atom. The van der Waals surface area contributed by atoms with Crippen molar-refractivity contribution in [2.75, 3.05) is 25.2 Å². The molecule has 1 atom stereocenters. The van der Waals surface area contributed by atoms with Gasteiger partial charge in [0, 0.05) is 25.2 Å². The molecule has 0 fully saturated rings. The summed E-state index contributed by atoms with van der Waals surface area (Å²) in [6.45, 7) is 1.92. The molecule has 13 heavy (non-hydrogen) atoms. The summed E-state index contributed by atoms with van der Waals surface area (Å²) < 4.78 is 22.0. The van der Waals surface area contributed by atoms with Crippen molar-refractivity contribution in [3.05, 3.63) is 0 Å². The summed E-state index contributed by atoms with van der Waals surface area (Å²) in [6, 6.07) is 0. The van der Waals surface area contributed by atoms with Crippen LogP contribution in [0, 0.1) is 0 Å². The number of amides is 1. The lowest BCUT2D eigenvalue weighted by Gasteiger charge is -2.19. The van der Waals surface area contributed by atoms with E-state index in [2.05, 4.69) is 15.9 Å². The van der Waals surface area contributed by atoms with Crippen molar-refractivity contribution in [3.8, 4) is 0 Å². The van der Waals surface area contributed by atoms with Crippen LogP contribution in [0.1, 0.15) is 6.92 Å². The highest BCUT2D eigenvalue weighted by molar-refractivity contribution is 9.09. The van der Waals surface area contributed by atoms with Gasteiger partial charge in [0.1, 0.15) is 5.25 Å². The lowest BCUT2D eigenvalue weighted by Crippen LogP contribution is -2.39. The molecule has 0 saturated heterocycles. The molecule has 0 heterocycles. The van der Waals surface area contributed by atoms with Crippen LogP contribution in [0.15, 0.2) is 0 Å². The molecule has 4 nitrogen and oxygen atoms in total. The molecule has 0 aliphatic carbocycles. The first-order valence-corrected chi connectivity index (χ1v) is 6.88. The molecule has 0 aromatic rings. The number of rotatable bonds is 4. The number of carbonyl (C=O) groups excluding carboxylic acids is 1. The van der Waals surface area contributed by atoms with Gasteiger partial charge in [-0.25, -0.2) is 8.42 Å². The van der Waals surface area contributed by atoms with Gasteiger partial charge in [0.05, 0.1) is 0 Å². The Labute approximate surface area is 87.3 Å². The molecule has 0 saturated carbocycles. The molecule has 0 aromatic heterocycles. The molecule has 1 amide bonds. The Morgan fingerprint density at radius 3 is 2.31 bits per heavy atom. The molecule has 0 radical (unpaired) electrons. The van der Waals surface area contributed by atoms with E-state index >= 15 is 0 Å². The Morgan fingerprint density at radius 1 is 1.54 bits per heavy atom. The Balaban J connectivity index is 4.44. The zero-order valence-electron chi connectivity index (χ0n) is 7.95. The second-order valence-corrected chi connectivity index (χ2v) is 6.08. The van der Waals surface area contributed by atoms with Crippen molar-refractivity contribution >= 4 is 31.7 Å². The van der Waals surface area contributed by atoms with Crippen LogP contribution in [0.5, 0.6) is 0 Å². The SMILES string of the molecule is CC(C(=O)N(C)CCBr)S(C)(=O)=O. The lowest BCUT2D eigenvalue weighted by molar-refractivity contribution is -0.128. The van der Waals surface area contributed by atoms with Gasteiger partial charge in [-0.2, -0.15) is 0 Å². The van der Waals surface area contributed by atoms with E-state index in [1.165, 1.54) is 11.8 Å². The van der Waals surface area contributed by atoms with Gasteiger partial charge >= 0.3 is 0 Å². The number of sulfone groups is 1. The van der Waals surface area contributed by atoms with Gasteiger partial charge in [-0.3, -0.25) is 4.79 Å². The van der Waals surface area contributed by atoms with Crippen LogP contribution < -0.4 is 0 Å². The van der Waals surface area contributed by atoms with Crippen molar-refractivity contribution < 1.29 is 13.2 Å². The number of halogens is 1. The number of hydrogen-bond donors (Lipinski definition) is 0. The summed E-state index contributed by atoms with van der Waals surface area (Å²) >= 11 is 3.17. The number of nitrogens with zero attached hydrogens (tertiary/aromatic N) is 1. The zero-order valence-corrected chi connectivity index (χ0v) is 10.4. The van der Waals surface area contributed by atoms with E-state index in [0.29, 0.717) is 11.9 Å². The second-order valence-electron chi connectivity index (χ2n) is 2.92. The molecule has 78 valence electrons. The fourth-order valence-corrected chi connectivity index (χ4v) is 1.81. The van der Waals surface area contributed by atoms with Crippen LogP contribution in [-0.2, 0) is 14.6 Å². The maximum absolute atomic E-state index is 11.4. The van der Waals surface area contributed by atoms with Gasteiger partial charge < -0.3 is 4.90 Å². The fraction of sp³-hybridized carbons (Fsp3) is 0.857. The van der Waals surface area contributed by atoms with Gasteiger partial charge in [0.25, 0.3) is 0 Å². The van der Waals surface area contributed by atoms with Crippen molar-refractivity contribution in [1.29, 1.82) is 0 Å². The molecule has 0 aliphatic heterocycles. The highest BCUT2D eigenvalue weighted by Crippen LogP contribution is 2.02. The predicted molar refractivity (Wildman–Crippen MR) is 55.7 cm³/mol. The molecular formula is C7H14BrNO3S. The molecule has 0 spiro atoms. The molecular weight excluding hydrogens is 258 g/mol. The van der Waals surface area contributed by atoms with E-state index in [1.54, 1.807) is 7.05 Å². The standard InChI is InChI=1S/C7H14BrNO3S/c1-6(13(3,11)12)7(10)9(2)5-4-8/h6H,4-5H2,1-3H3. The summed E-state index contributed by atoms with van der Waals surface area (Å²) in [4.78, 5) is 12.8. The first-order valence-electron chi connectivity index (χ1n) is 3.80. The number of hydrogen-bond acceptors (Lipinski definition) is 3. The Bertz CT molecular complexity index is 275. The first kappa shape index (κ1) is 12.9. The smallest absolute Gasteiger partial charge is 0.240 e. The second kappa shape index (κ2) is 4.95. The molecule has 0 aromatic carbocycles. The van der Waals surface area contributed by atoms with Crippen LogP contribution >= 0.6 is 15.9 Å².